The van der Waals surface area contributed by atoms with Crippen LogP contribution in [0.2, 0.25) is 0 Å². The van der Waals surface area contributed by atoms with Gasteiger partial charge in [0.25, 0.3) is 0 Å². The van der Waals surface area contributed by atoms with E-state index in [-0.39, 0.29) is 11.5 Å². The van der Waals surface area contributed by atoms with Crippen molar-refractivity contribution in [2.75, 3.05) is 10.6 Å². The highest BCUT2D eigenvalue weighted by Crippen LogP contribution is 2.24. The van der Waals surface area contributed by atoms with Crippen LogP contribution in [0.25, 0.3) is 0 Å². The van der Waals surface area contributed by atoms with Crippen LogP contribution >= 0.6 is 0 Å². The molecule has 0 aliphatic heterocycles. The number of nitrogens with one attached hydrogen (secondary N) is 2. The Kier molecular flexibility index (Phi) is 3.79. The number of carbonyl (C=O) groups excluding carboxylic acids is 1. The van der Waals surface area contributed by atoms with E-state index in [0.717, 1.165) is 11.1 Å². The van der Waals surface area contributed by atoms with Crippen LogP contribution in [0.5, 0.6) is 11.5 Å². The van der Waals surface area contributed by atoms with Crippen molar-refractivity contribution in [2.45, 2.75) is 13.8 Å². The molecule has 5 heteroatoms. The lowest BCUT2D eigenvalue weighted by molar-refractivity contribution is 0.262. The van der Waals surface area contributed by atoms with Crippen LogP contribution < -0.4 is 10.6 Å². The number of rotatable bonds is 2. The summed E-state index contributed by atoms with van der Waals surface area (Å²) in [6.07, 6.45) is 0. The summed E-state index contributed by atoms with van der Waals surface area (Å²) in [7, 11) is 0. The minimum Gasteiger partial charge on any atom is -0.508 e. The smallest absolute Gasteiger partial charge is 0.323 e. The van der Waals surface area contributed by atoms with Crippen molar-refractivity contribution in [2.24, 2.45) is 0 Å². The van der Waals surface area contributed by atoms with Crippen LogP contribution in [0.4, 0.5) is 16.2 Å². The Labute approximate surface area is 116 Å². The van der Waals surface area contributed by atoms with Crippen molar-refractivity contribution in [3.8, 4) is 11.5 Å². The molecule has 0 saturated carbocycles. The van der Waals surface area contributed by atoms with Gasteiger partial charge in [0.15, 0.2) is 0 Å². The number of carbonyl (C=O) groups is 1. The maximum Gasteiger partial charge on any atom is 0.323 e. The molecule has 4 N–H and O–H groups in total. The van der Waals surface area contributed by atoms with Crippen LogP contribution in [0, 0.1) is 13.8 Å². The van der Waals surface area contributed by atoms with E-state index in [9.17, 15) is 15.0 Å². The Balaban J connectivity index is 2.11. The molecule has 0 radical (unpaired) electrons. The lowest BCUT2D eigenvalue weighted by atomic mass is 10.1. The summed E-state index contributed by atoms with van der Waals surface area (Å²) in [5.74, 6) is -0.237. The molecule has 0 aliphatic rings. The van der Waals surface area contributed by atoms with Gasteiger partial charge in [0.1, 0.15) is 11.5 Å². The van der Waals surface area contributed by atoms with E-state index < -0.39 is 6.03 Å². The molecule has 2 aromatic carbocycles. The third kappa shape index (κ3) is 3.20. The molecule has 2 amide bonds. The highest BCUT2D eigenvalue weighted by molar-refractivity contribution is 6.00. The number of benzene rings is 2. The molecule has 104 valence electrons. The topological polar surface area (TPSA) is 81.6 Å². The highest BCUT2D eigenvalue weighted by atomic mass is 16.3. The van der Waals surface area contributed by atoms with E-state index in [2.05, 4.69) is 10.6 Å². The largest absolute Gasteiger partial charge is 0.508 e. The molecule has 0 saturated heterocycles. The number of aromatic hydroxyl groups is 2. The minimum absolute atomic E-state index is 0.118. The molecule has 2 aromatic rings. The summed E-state index contributed by atoms with van der Waals surface area (Å²) < 4.78 is 0. The fourth-order valence-corrected chi connectivity index (χ4v) is 1.84. The Morgan fingerprint density at radius 3 is 2.30 bits per heavy atom. The molecular weight excluding hydrogens is 256 g/mol. The van der Waals surface area contributed by atoms with E-state index in [4.69, 9.17) is 0 Å². The van der Waals surface area contributed by atoms with Crippen LogP contribution in [0.15, 0.2) is 36.4 Å². The van der Waals surface area contributed by atoms with Crippen molar-refractivity contribution in [1.29, 1.82) is 0 Å². The van der Waals surface area contributed by atoms with Gasteiger partial charge in [-0.25, -0.2) is 4.79 Å². The first kappa shape index (κ1) is 13.7. The van der Waals surface area contributed by atoms with Gasteiger partial charge in [0, 0.05) is 29.6 Å². The fourth-order valence-electron chi connectivity index (χ4n) is 1.84. The van der Waals surface area contributed by atoms with Gasteiger partial charge >= 0.3 is 6.03 Å². The number of phenols is 2. The Bertz CT molecular complexity index is 633. The van der Waals surface area contributed by atoms with E-state index in [0.29, 0.717) is 11.4 Å². The number of amides is 2. The summed E-state index contributed by atoms with van der Waals surface area (Å²) in [6, 6.07) is 9.08. The van der Waals surface area contributed by atoms with Gasteiger partial charge in [-0.3, -0.25) is 0 Å². The highest BCUT2D eigenvalue weighted by Gasteiger charge is 2.07. The van der Waals surface area contributed by atoms with Gasteiger partial charge in [-0.2, -0.15) is 0 Å². The van der Waals surface area contributed by atoms with Gasteiger partial charge < -0.3 is 20.8 Å². The van der Waals surface area contributed by atoms with Crippen molar-refractivity contribution in [3.63, 3.8) is 0 Å². The molecular formula is C15H16N2O3. The maximum absolute atomic E-state index is 11.9. The van der Waals surface area contributed by atoms with Crippen LogP contribution in [-0.2, 0) is 0 Å². The normalized spacial score (nSPS) is 10.1. The minimum atomic E-state index is -0.441. The zero-order valence-corrected chi connectivity index (χ0v) is 11.3. The van der Waals surface area contributed by atoms with Crippen LogP contribution in [0.3, 0.4) is 0 Å². The molecule has 0 bridgehead atoms. The summed E-state index contributed by atoms with van der Waals surface area (Å²) in [5.41, 5.74) is 3.09. The van der Waals surface area contributed by atoms with Crippen LogP contribution in [-0.4, -0.2) is 16.2 Å². The first-order valence-electron chi connectivity index (χ1n) is 6.13. The SMILES string of the molecule is Cc1cccc(NC(=O)Nc2cc(O)cc(O)c2)c1C. The van der Waals surface area contributed by atoms with E-state index in [1.165, 1.54) is 18.2 Å². The van der Waals surface area contributed by atoms with E-state index in [1.807, 2.05) is 32.0 Å². The summed E-state index contributed by atoms with van der Waals surface area (Å²) in [4.78, 5) is 11.9. The predicted octanol–water partition coefficient (Wildman–Crippen LogP) is 3.36. The van der Waals surface area contributed by atoms with Crippen molar-refractivity contribution in [1.82, 2.24) is 0 Å². The van der Waals surface area contributed by atoms with Crippen molar-refractivity contribution < 1.29 is 15.0 Å². The van der Waals surface area contributed by atoms with Crippen molar-refractivity contribution in [3.05, 3.63) is 47.5 Å². The fraction of sp³-hybridized carbons (Fsp3) is 0.133. The maximum atomic E-state index is 11.9. The second-order valence-electron chi connectivity index (χ2n) is 4.56. The van der Waals surface area contributed by atoms with Gasteiger partial charge in [-0.1, -0.05) is 12.1 Å². The van der Waals surface area contributed by atoms with Gasteiger partial charge in [-0.15, -0.1) is 0 Å². The van der Waals surface area contributed by atoms with E-state index >= 15 is 0 Å². The lowest BCUT2D eigenvalue weighted by Gasteiger charge is -2.11. The number of anilines is 2. The first-order valence-corrected chi connectivity index (χ1v) is 6.13. The van der Waals surface area contributed by atoms with Gasteiger partial charge in [0.2, 0.25) is 0 Å². The average molecular weight is 272 g/mol. The molecule has 0 heterocycles. The molecule has 0 fully saturated rings. The molecule has 0 unspecified atom stereocenters. The second-order valence-corrected chi connectivity index (χ2v) is 4.56. The third-order valence-electron chi connectivity index (χ3n) is 3.01. The molecule has 0 atom stereocenters. The number of hydrogen-bond donors (Lipinski definition) is 4. The Morgan fingerprint density at radius 2 is 1.65 bits per heavy atom. The number of phenolic OH excluding ortho intramolecular Hbond substituents is 2. The molecule has 0 aliphatic carbocycles. The van der Waals surface area contributed by atoms with Gasteiger partial charge in [-0.05, 0) is 31.0 Å². The predicted molar refractivity (Wildman–Crippen MR) is 78.3 cm³/mol. The Hall–Kier alpha value is -2.69. The summed E-state index contributed by atoms with van der Waals surface area (Å²) in [5, 5.41) is 24.0. The van der Waals surface area contributed by atoms with Gasteiger partial charge in [0.05, 0.1) is 0 Å². The standard InChI is InChI=1S/C15H16N2O3/c1-9-4-3-5-14(10(9)2)17-15(20)16-11-6-12(18)8-13(19)7-11/h3-8,18-19H,1-2H3,(H2,16,17,20). The molecule has 2 rings (SSSR count). The van der Waals surface area contributed by atoms with E-state index in [1.54, 1.807) is 0 Å². The third-order valence-corrected chi connectivity index (χ3v) is 3.01. The average Bonchev–Trinajstić information content (AvgIpc) is 2.33. The number of hydrogen-bond acceptors (Lipinski definition) is 3. The zero-order chi connectivity index (χ0) is 14.7. The molecule has 0 aromatic heterocycles. The molecule has 0 spiro atoms. The van der Waals surface area contributed by atoms with Crippen LogP contribution in [0.1, 0.15) is 11.1 Å². The molecule has 20 heavy (non-hydrogen) atoms. The second kappa shape index (κ2) is 5.52. The molecule has 5 nitrogen and oxygen atoms in total. The van der Waals surface area contributed by atoms with Crippen molar-refractivity contribution >= 4 is 17.4 Å². The first-order chi connectivity index (χ1) is 9.45. The monoisotopic (exact) mass is 272 g/mol. The Morgan fingerprint density at radius 1 is 1.00 bits per heavy atom. The quantitative estimate of drug-likeness (QED) is 0.676. The summed E-state index contributed by atoms with van der Waals surface area (Å²) >= 11 is 0. The zero-order valence-electron chi connectivity index (χ0n) is 11.3. The summed E-state index contributed by atoms with van der Waals surface area (Å²) in [6.45, 7) is 3.89. The number of aryl methyl sites for hydroxylation is 1. The lowest BCUT2D eigenvalue weighted by Crippen LogP contribution is -2.20. The number of urea groups is 1.